The molecule has 0 amide bonds. The Kier molecular flexibility index (Phi) is 1.70. The number of pyridine rings is 1. The first-order chi connectivity index (χ1) is 6.31. The number of hydrogen-bond donors (Lipinski definition) is 1. The zero-order valence-corrected chi connectivity index (χ0v) is 7.06. The van der Waals surface area contributed by atoms with Crippen LogP contribution >= 0.6 is 0 Å². The molecule has 13 heavy (non-hydrogen) atoms. The predicted molar refractivity (Wildman–Crippen MR) is 48.8 cm³/mol. The molecule has 0 aliphatic heterocycles. The number of nitrogens with one attached hydrogen (secondary N) is 1. The Hall–Kier alpha value is -1.91. The molecule has 2 rings (SSSR count). The van der Waals surface area contributed by atoms with Crippen molar-refractivity contribution < 1.29 is 0 Å². The SMILES string of the molecule is CNc1nc(=O)n2ccccc2n1. The van der Waals surface area contributed by atoms with E-state index in [4.69, 9.17) is 0 Å². The minimum Gasteiger partial charge on any atom is -0.357 e. The van der Waals surface area contributed by atoms with Gasteiger partial charge in [-0.05, 0) is 12.1 Å². The third-order valence-corrected chi connectivity index (χ3v) is 1.69. The van der Waals surface area contributed by atoms with Crippen molar-refractivity contribution in [2.24, 2.45) is 0 Å². The van der Waals surface area contributed by atoms with E-state index in [1.165, 1.54) is 4.40 Å². The van der Waals surface area contributed by atoms with Crippen LogP contribution in [0.2, 0.25) is 0 Å². The molecule has 0 aliphatic rings. The third kappa shape index (κ3) is 1.24. The molecule has 0 unspecified atom stereocenters. The molecule has 0 atom stereocenters. The summed E-state index contributed by atoms with van der Waals surface area (Å²) < 4.78 is 1.39. The van der Waals surface area contributed by atoms with Gasteiger partial charge in [-0.15, -0.1) is 0 Å². The summed E-state index contributed by atoms with van der Waals surface area (Å²) in [6, 6.07) is 5.34. The number of anilines is 1. The molecular weight excluding hydrogens is 168 g/mol. The first kappa shape index (κ1) is 7.72. The van der Waals surface area contributed by atoms with E-state index in [-0.39, 0.29) is 5.69 Å². The molecule has 0 aliphatic carbocycles. The average Bonchev–Trinajstić information content (AvgIpc) is 2.18. The summed E-state index contributed by atoms with van der Waals surface area (Å²) in [7, 11) is 1.67. The van der Waals surface area contributed by atoms with Gasteiger partial charge in [-0.3, -0.25) is 4.40 Å². The van der Waals surface area contributed by atoms with Gasteiger partial charge in [0.1, 0.15) is 5.65 Å². The van der Waals surface area contributed by atoms with Gasteiger partial charge in [0, 0.05) is 13.2 Å². The van der Waals surface area contributed by atoms with Crippen LogP contribution in [0.15, 0.2) is 29.2 Å². The first-order valence-electron chi connectivity index (χ1n) is 3.84. The van der Waals surface area contributed by atoms with Crippen molar-refractivity contribution in [3.63, 3.8) is 0 Å². The molecule has 2 aromatic heterocycles. The minimum absolute atomic E-state index is 0.324. The number of hydrogen-bond acceptors (Lipinski definition) is 4. The summed E-state index contributed by atoms with van der Waals surface area (Å²) in [4.78, 5) is 19.1. The first-order valence-corrected chi connectivity index (χ1v) is 3.84. The maximum absolute atomic E-state index is 11.3. The molecule has 0 spiro atoms. The van der Waals surface area contributed by atoms with Gasteiger partial charge in [-0.2, -0.15) is 9.97 Å². The zero-order valence-electron chi connectivity index (χ0n) is 7.06. The molecule has 0 saturated heterocycles. The number of aromatic nitrogens is 3. The van der Waals surface area contributed by atoms with Gasteiger partial charge in [-0.1, -0.05) is 6.07 Å². The lowest BCUT2D eigenvalue weighted by Crippen LogP contribution is -2.19. The largest absolute Gasteiger partial charge is 0.357 e. The van der Waals surface area contributed by atoms with Gasteiger partial charge in [0.25, 0.3) is 0 Å². The predicted octanol–water partition coefficient (Wildman–Crippen LogP) is 0.131. The number of nitrogens with zero attached hydrogens (tertiary/aromatic N) is 3. The maximum Gasteiger partial charge on any atom is 0.356 e. The normalized spacial score (nSPS) is 10.2. The summed E-state index contributed by atoms with van der Waals surface area (Å²) in [6.45, 7) is 0. The van der Waals surface area contributed by atoms with E-state index in [1.807, 2.05) is 6.07 Å². The molecule has 0 saturated carbocycles. The van der Waals surface area contributed by atoms with Crippen molar-refractivity contribution in [1.82, 2.24) is 14.4 Å². The van der Waals surface area contributed by atoms with Gasteiger partial charge in [-0.25, -0.2) is 4.79 Å². The Balaban J connectivity index is 2.85. The molecular formula is C8H8N4O. The van der Waals surface area contributed by atoms with E-state index < -0.39 is 0 Å². The van der Waals surface area contributed by atoms with Crippen molar-refractivity contribution in [3.05, 3.63) is 34.9 Å². The fraction of sp³-hybridized carbons (Fsp3) is 0.125. The standard InChI is InChI=1S/C8H8N4O/c1-9-7-10-6-4-2-3-5-12(6)8(13)11-7/h2-5H,1H3,(H,9,11,13). The lowest BCUT2D eigenvalue weighted by atomic mass is 10.5. The van der Waals surface area contributed by atoms with Gasteiger partial charge >= 0.3 is 5.69 Å². The summed E-state index contributed by atoms with van der Waals surface area (Å²) in [5.41, 5.74) is 0.266. The second kappa shape index (κ2) is 2.85. The molecule has 5 nitrogen and oxygen atoms in total. The molecule has 0 bridgehead atoms. The third-order valence-electron chi connectivity index (χ3n) is 1.69. The summed E-state index contributed by atoms with van der Waals surface area (Å²) in [5.74, 6) is 0.344. The quantitative estimate of drug-likeness (QED) is 0.671. The van der Waals surface area contributed by atoms with Crippen LogP contribution in [0.4, 0.5) is 5.95 Å². The van der Waals surface area contributed by atoms with Crippen LogP contribution in [0.1, 0.15) is 0 Å². The molecule has 0 radical (unpaired) electrons. The lowest BCUT2D eigenvalue weighted by Gasteiger charge is -2.00. The van der Waals surface area contributed by atoms with E-state index >= 15 is 0 Å². The highest BCUT2D eigenvalue weighted by Gasteiger charge is 1.99. The lowest BCUT2D eigenvalue weighted by molar-refractivity contribution is 0.944. The summed E-state index contributed by atoms with van der Waals surface area (Å²) in [5, 5.41) is 2.72. The number of rotatable bonds is 1. The Bertz CT molecular complexity index is 491. The highest BCUT2D eigenvalue weighted by Crippen LogP contribution is 1.97. The monoisotopic (exact) mass is 176 g/mol. The molecule has 0 fully saturated rings. The fourth-order valence-electron chi connectivity index (χ4n) is 1.08. The zero-order chi connectivity index (χ0) is 9.26. The minimum atomic E-state index is -0.324. The van der Waals surface area contributed by atoms with Crippen LogP contribution in [0.25, 0.3) is 5.65 Å². The Morgan fingerprint density at radius 2 is 2.23 bits per heavy atom. The van der Waals surface area contributed by atoms with Crippen LogP contribution in [-0.2, 0) is 0 Å². The van der Waals surface area contributed by atoms with E-state index in [1.54, 1.807) is 25.4 Å². The summed E-state index contributed by atoms with van der Waals surface area (Å²) in [6.07, 6.45) is 1.64. The maximum atomic E-state index is 11.3. The van der Waals surface area contributed by atoms with E-state index in [0.29, 0.717) is 11.6 Å². The highest BCUT2D eigenvalue weighted by atomic mass is 16.1. The van der Waals surface area contributed by atoms with Gasteiger partial charge < -0.3 is 5.32 Å². The summed E-state index contributed by atoms with van der Waals surface area (Å²) >= 11 is 0. The van der Waals surface area contributed by atoms with E-state index in [2.05, 4.69) is 15.3 Å². The van der Waals surface area contributed by atoms with Gasteiger partial charge in [0.15, 0.2) is 0 Å². The second-order valence-corrected chi connectivity index (χ2v) is 2.51. The van der Waals surface area contributed by atoms with E-state index in [0.717, 1.165) is 0 Å². The fourth-order valence-corrected chi connectivity index (χ4v) is 1.08. The van der Waals surface area contributed by atoms with Crippen LogP contribution in [-0.4, -0.2) is 21.4 Å². The topological polar surface area (TPSA) is 59.3 Å². The van der Waals surface area contributed by atoms with Crippen molar-refractivity contribution in [3.8, 4) is 0 Å². The van der Waals surface area contributed by atoms with Gasteiger partial charge in [0.05, 0.1) is 0 Å². The van der Waals surface area contributed by atoms with Crippen molar-refractivity contribution in [1.29, 1.82) is 0 Å². The van der Waals surface area contributed by atoms with Crippen molar-refractivity contribution in [2.75, 3.05) is 12.4 Å². The van der Waals surface area contributed by atoms with Crippen LogP contribution in [0, 0.1) is 0 Å². The molecule has 5 heteroatoms. The Labute approximate surface area is 74.1 Å². The Morgan fingerprint density at radius 1 is 1.38 bits per heavy atom. The second-order valence-electron chi connectivity index (χ2n) is 2.51. The van der Waals surface area contributed by atoms with Crippen LogP contribution in [0.5, 0.6) is 0 Å². The highest BCUT2D eigenvalue weighted by molar-refractivity contribution is 5.41. The van der Waals surface area contributed by atoms with Crippen molar-refractivity contribution in [2.45, 2.75) is 0 Å². The Morgan fingerprint density at radius 3 is 3.00 bits per heavy atom. The van der Waals surface area contributed by atoms with Crippen LogP contribution < -0.4 is 11.0 Å². The smallest absolute Gasteiger partial charge is 0.356 e. The van der Waals surface area contributed by atoms with Crippen molar-refractivity contribution >= 4 is 11.6 Å². The van der Waals surface area contributed by atoms with Gasteiger partial charge in [0.2, 0.25) is 5.95 Å². The van der Waals surface area contributed by atoms with Crippen LogP contribution in [0.3, 0.4) is 0 Å². The average molecular weight is 176 g/mol. The molecule has 2 aromatic rings. The molecule has 0 aromatic carbocycles. The van der Waals surface area contributed by atoms with E-state index in [9.17, 15) is 4.79 Å². The number of fused-ring (bicyclic) bond motifs is 1. The molecule has 2 heterocycles. The molecule has 66 valence electrons. The molecule has 1 N–H and O–H groups in total.